The van der Waals surface area contributed by atoms with Crippen LogP contribution in [-0.2, 0) is 4.79 Å². The van der Waals surface area contributed by atoms with Gasteiger partial charge in [-0.05, 0) is 38.5 Å². The highest BCUT2D eigenvalue weighted by atomic mass is 35.5. The van der Waals surface area contributed by atoms with Gasteiger partial charge in [0.1, 0.15) is 0 Å². The molecule has 1 aliphatic carbocycles. The van der Waals surface area contributed by atoms with Gasteiger partial charge in [0.25, 0.3) is 0 Å². The largest absolute Gasteiger partial charge is 0.340 e. The number of nitrogens with zero attached hydrogens (tertiary/aromatic N) is 1. The molecule has 1 unspecified atom stereocenters. The minimum absolute atomic E-state index is 0.172. The van der Waals surface area contributed by atoms with Gasteiger partial charge in [-0.3, -0.25) is 4.79 Å². The first-order chi connectivity index (χ1) is 7.90. The molecule has 0 saturated heterocycles. The lowest BCUT2D eigenvalue weighted by atomic mass is 9.81. The molecule has 17 heavy (non-hydrogen) atoms. The summed E-state index contributed by atoms with van der Waals surface area (Å²) in [6, 6.07) is 0.280. The van der Waals surface area contributed by atoms with Crippen LogP contribution in [-0.4, -0.2) is 29.3 Å². The van der Waals surface area contributed by atoms with Crippen LogP contribution in [0.25, 0.3) is 0 Å². The first-order valence-electron chi connectivity index (χ1n) is 6.76. The molecule has 0 aromatic heterocycles. The summed E-state index contributed by atoms with van der Waals surface area (Å²) >= 11 is 5.73. The Morgan fingerprint density at radius 2 is 2.12 bits per heavy atom. The van der Waals surface area contributed by atoms with E-state index in [0.717, 1.165) is 19.4 Å². The summed E-state index contributed by atoms with van der Waals surface area (Å²) in [7, 11) is 0. The molecule has 1 aliphatic rings. The summed E-state index contributed by atoms with van der Waals surface area (Å²) in [5.74, 6) is 1.18. The summed E-state index contributed by atoms with van der Waals surface area (Å²) in [5.41, 5.74) is 0.172. The zero-order valence-corrected chi connectivity index (χ0v) is 12.4. The topological polar surface area (TPSA) is 20.3 Å². The monoisotopic (exact) mass is 259 g/mol. The van der Waals surface area contributed by atoms with E-state index in [1.807, 2.05) is 4.90 Å². The average Bonchev–Trinajstić information content (AvgIpc) is 2.57. The Morgan fingerprint density at radius 3 is 2.53 bits per heavy atom. The highest BCUT2D eigenvalue weighted by Crippen LogP contribution is 2.43. The number of carbonyl (C=O) groups is 1. The molecule has 1 saturated carbocycles. The first kappa shape index (κ1) is 14.8. The van der Waals surface area contributed by atoms with Crippen LogP contribution < -0.4 is 0 Å². The third-order valence-corrected chi connectivity index (χ3v) is 4.26. The number of rotatable bonds is 5. The van der Waals surface area contributed by atoms with E-state index in [2.05, 4.69) is 27.7 Å². The van der Waals surface area contributed by atoms with Crippen LogP contribution in [0.15, 0.2) is 0 Å². The second-order valence-electron chi connectivity index (χ2n) is 6.10. The minimum atomic E-state index is 0.172. The van der Waals surface area contributed by atoms with E-state index in [1.54, 1.807) is 0 Å². The molecule has 0 aromatic rings. The molecule has 0 aliphatic heterocycles. The molecule has 2 nitrogen and oxygen atoms in total. The minimum Gasteiger partial charge on any atom is -0.340 e. The Hall–Kier alpha value is -0.240. The molecule has 1 fully saturated rings. The van der Waals surface area contributed by atoms with Crippen LogP contribution in [0.1, 0.15) is 53.4 Å². The van der Waals surface area contributed by atoms with Gasteiger partial charge >= 0.3 is 0 Å². The van der Waals surface area contributed by atoms with Crippen molar-refractivity contribution >= 4 is 17.5 Å². The van der Waals surface area contributed by atoms with Crippen LogP contribution in [0.4, 0.5) is 0 Å². The predicted octanol–water partition coefficient (Wildman–Crippen LogP) is 3.68. The third-order valence-electron chi connectivity index (χ3n) is 3.99. The van der Waals surface area contributed by atoms with Crippen LogP contribution >= 0.6 is 11.6 Å². The van der Waals surface area contributed by atoms with Crippen molar-refractivity contribution in [2.45, 2.75) is 59.4 Å². The Kier molecular flexibility index (Phi) is 5.30. The maximum atomic E-state index is 12.6. The van der Waals surface area contributed by atoms with Crippen molar-refractivity contribution in [3.05, 3.63) is 0 Å². The zero-order valence-electron chi connectivity index (χ0n) is 11.6. The standard InChI is InChI=1S/C14H26ClNO/c1-11(2)16(10-6-9-15)13(17)12-7-5-8-14(12,3)4/h11-12H,5-10H2,1-4H3. The van der Waals surface area contributed by atoms with Crippen molar-refractivity contribution in [2.24, 2.45) is 11.3 Å². The highest BCUT2D eigenvalue weighted by molar-refractivity contribution is 6.17. The van der Waals surface area contributed by atoms with E-state index in [4.69, 9.17) is 11.6 Å². The normalized spacial score (nSPS) is 23.1. The van der Waals surface area contributed by atoms with Crippen molar-refractivity contribution in [3.63, 3.8) is 0 Å². The van der Waals surface area contributed by atoms with E-state index in [0.29, 0.717) is 11.8 Å². The van der Waals surface area contributed by atoms with Crippen LogP contribution in [0.5, 0.6) is 0 Å². The predicted molar refractivity (Wildman–Crippen MR) is 73.3 cm³/mol. The zero-order chi connectivity index (χ0) is 13.1. The molecule has 0 aromatic carbocycles. The fraction of sp³-hybridized carbons (Fsp3) is 0.929. The van der Waals surface area contributed by atoms with Gasteiger partial charge in [0.05, 0.1) is 0 Å². The van der Waals surface area contributed by atoms with Gasteiger partial charge in [-0.15, -0.1) is 11.6 Å². The van der Waals surface area contributed by atoms with E-state index >= 15 is 0 Å². The molecule has 1 amide bonds. The average molecular weight is 260 g/mol. The van der Waals surface area contributed by atoms with E-state index in [-0.39, 0.29) is 17.4 Å². The smallest absolute Gasteiger partial charge is 0.226 e. The maximum absolute atomic E-state index is 12.6. The first-order valence-corrected chi connectivity index (χ1v) is 7.30. The van der Waals surface area contributed by atoms with Gasteiger partial charge in [-0.1, -0.05) is 20.3 Å². The number of hydrogen-bond donors (Lipinski definition) is 0. The summed E-state index contributed by atoms with van der Waals surface area (Å²) in [4.78, 5) is 14.6. The Balaban J connectivity index is 2.70. The lowest BCUT2D eigenvalue weighted by Gasteiger charge is -2.34. The quantitative estimate of drug-likeness (QED) is 0.690. The lowest BCUT2D eigenvalue weighted by Crippen LogP contribution is -2.44. The molecule has 0 N–H and O–H groups in total. The van der Waals surface area contributed by atoms with Gasteiger partial charge in [0, 0.05) is 24.4 Å². The van der Waals surface area contributed by atoms with Crippen molar-refractivity contribution in [1.82, 2.24) is 4.90 Å². The summed E-state index contributed by atoms with van der Waals surface area (Å²) in [5, 5.41) is 0. The highest BCUT2D eigenvalue weighted by Gasteiger charge is 2.41. The molecule has 0 bridgehead atoms. The number of halogens is 1. The van der Waals surface area contributed by atoms with Crippen LogP contribution in [0.3, 0.4) is 0 Å². The summed E-state index contributed by atoms with van der Waals surface area (Å²) in [6.07, 6.45) is 4.30. The lowest BCUT2D eigenvalue weighted by molar-refractivity contribution is -0.140. The van der Waals surface area contributed by atoms with Gasteiger partial charge in [-0.25, -0.2) is 0 Å². The molecule has 3 heteroatoms. The molecule has 1 rings (SSSR count). The summed E-state index contributed by atoms with van der Waals surface area (Å²) in [6.45, 7) is 9.43. The van der Waals surface area contributed by atoms with E-state index in [1.165, 1.54) is 12.8 Å². The Bertz CT molecular complexity index is 263. The summed E-state index contributed by atoms with van der Waals surface area (Å²) < 4.78 is 0. The van der Waals surface area contributed by atoms with Gasteiger partial charge in [0.15, 0.2) is 0 Å². The van der Waals surface area contributed by atoms with Crippen LogP contribution in [0, 0.1) is 11.3 Å². The van der Waals surface area contributed by atoms with E-state index < -0.39 is 0 Å². The van der Waals surface area contributed by atoms with Crippen molar-refractivity contribution in [1.29, 1.82) is 0 Å². The van der Waals surface area contributed by atoms with Crippen LogP contribution in [0.2, 0.25) is 0 Å². The molecule has 100 valence electrons. The SMILES string of the molecule is CC(C)N(CCCCl)C(=O)C1CCCC1(C)C. The van der Waals surface area contributed by atoms with Gasteiger partial charge in [-0.2, -0.15) is 0 Å². The van der Waals surface area contributed by atoms with Crippen molar-refractivity contribution < 1.29 is 4.79 Å². The fourth-order valence-electron chi connectivity index (χ4n) is 2.84. The van der Waals surface area contributed by atoms with E-state index in [9.17, 15) is 4.79 Å². The van der Waals surface area contributed by atoms with Crippen molar-refractivity contribution in [3.8, 4) is 0 Å². The second-order valence-corrected chi connectivity index (χ2v) is 6.48. The second kappa shape index (κ2) is 6.08. The number of amides is 1. The molecule has 0 heterocycles. The van der Waals surface area contributed by atoms with Gasteiger partial charge < -0.3 is 4.90 Å². The number of carbonyl (C=O) groups excluding carboxylic acids is 1. The molecule has 1 atom stereocenters. The molecular weight excluding hydrogens is 234 g/mol. The van der Waals surface area contributed by atoms with Gasteiger partial charge in [0.2, 0.25) is 5.91 Å². The molecule has 0 spiro atoms. The molecule has 0 radical (unpaired) electrons. The maximum Gasteiger partial charge on any atom is 0.226 e. The third kappa shape index (κ3) is 3.61. The Labute approximate surface area is 111 Å². The number of hydrogen-bond acceptors (Lipinski definition) is 1. The molecular formula is C14H26ClNO. The number of alkyl halides is 1. The fourth-order valence-corrected chi connectivity index (χ4v) is 2.96. The Morgan fingerprint density at radius 1 is 1.47 bits per heavy atom. The van der Waals surface area contributed by atoms with Crippen molar-refractivity contribution in [2.75, 3.05) is 12.4 Å².